The summed E-state index contributed by atoms with van der Waals surface area (Å²) in [5.41, 5.74) is 0.988. The summed E-state index contributed by atoms with van der Waals surface area (Å²) < 4.78 is 0. The molecule has 0 amide bonds. The minimum atomic E-state index is -2.27. The molecule has 10 nitrogen and oxygen atoms in total. The number of aliphatic carboxylic acids is 2. The summed E-state index contributed by atoms with van der Waals surface area (Å²) in [6.07, 6.45) is -3.84. The first-order valence-corrected chi connectivity index (χ1v) is 10.8. The normalized spacial score (nSPS) is 19.1. The van der Waals surface area contributed by atoms with Gasteiger partial charge in [-0.25, -0.2) is 9.59 Å². The molecule has 34 heavy (non-hydrogen) atoms. The zero-order valence-corrected chi connectivity index (χ0v) is 18.7. The molecule has 1 aliphatic heterocycles. The highest BCUT2D eigenvalue weighted by molar-refractivity contribution is 5.83. The maximum atomic E-state index is 10.9. The molecule has 0 bridgehead atoms. The van der Waals surface area contributed by atoms with Gasteiger partial charge in [-0.15, -0.1) is 0 Å². The monoisotopic (exact) mass is 477 g/mol. The predicted molar refractivity (Wildman–Crippen MR) is 121 cm³/mol. The largest absolute Gasteiger partial charge is 0.508 e. The van der Waals surface area contributed by atoms with Gasteiger partial charge in [0.1, 0.15) is 5.75 Å². The number of carbonyl (C=O) groups is 2. The van der Waals surface area contributed by atoms with E-state index < -0.39 is 35.9 Å². The molecule has 0 aromatic heterocycles. The molecule has 2 aromatic carbocycles. The summed E-state index contributed by atoms with van der Waals surface area (Å²) in [5.74, 6) is -3.34. The van der Waals surface area contributed by atoms with E-state index in [1.807, 2.05) is 37.3 Å². The molecule has 0 aliphatic carbocycles. The van der Waals surface area contributed by atoms with Crippen LogP contribution in [0.1, 0.15) is 37.0 Å². The summed E-state index contributed by atoms with van der Waals surface area (Å²) in [6, 6.07) is 16.5. The highest BCUT2D eigenvalue weighted by Crippen LogP contribution is 2.34. The number of hydrogen-bond acceptors (Lipinski definition) is 8. The Hall–Kier alpha value is -3.02. The van der Waals surface area contributed by atoms with Crippen molar-refractivity contribution in [1.29, 1.82) is 0 Å². The van der Waals surface area contributed by atoms with Gasteiger partial charge in [0.05, 0.1) is 11.7 Å². The van der Waals surface area contributed by atoms with Crippen molar-refractivity contribution in [3.63, 3.8) is 0 Å². The summed E-state index contributed by atoms with van der Waals surface area (Å²) in [6.45, 7) is 3.48. The second-order valence-electron chi connectivity index (χ2n) is 8.28. The lowest BCUT2D eigenvalue weighted by Gasteiger charge is -2.42. The Morgan fingerprint density at radius 2 is 1.32 bits per heavy atom. The highest BCUT2D eigenvalue weighted by atomic mass is 16.4. The van der Waals surface area contributed by atoms with Crippen molar-refractivity contribution in [3.8, 4) is 5.75 Å². The third-order valence-electron chi connectivity index (χ3n) is 6.01. The van der Waals surface area contributed by atoms with Crippen LogP contribution in [-0.2, 0) is 15.2 Å². The van der Waals surface area contributed by atoms with Crippen molar-refractivity contribution in [2.45, 2.75) is 49.7 Å². The molecule has 0 radical (unpaired) electrons. The number of phenols is 1. The van der Waals surface area contributed by atoms with Crippen LogP contribution in [-0.4, -0.2) is 83.9 Å². The lowest BCUT2D eigenvalue weighted by Crippen LogP contribution is -2.47. The number of rotatable bonds is 7. The average Bonchev–Trinajstić information content (AvgIpc) is 2.84. The van der Waals surface area contributed by atoms with Gasteiger partial charge in [0.15, 0.2) is 12.2 Å². The maximum absolute atomic E-state index is 10.9. The first-order valence-electron chi connectivity index (χ1n) is 10.8. The van der Waals surface area contributed by atoms with E-state index in [9.17, 15) is 24.9 Å². The molecule has 1 heterocycles. The van der Waals surface area contributed by atoms with E-state index in [4.69, 9.17) is 20.4 Å². The van der Waals surface area contributed by atoms with E-state index >= 15 is 0 Å². The lowest BCUT2D eigenvalue weighted by atomic mass is 9.83. The Bertz CT molecular complexity index is 909. The average molecular weight is 478 g/mol. The van der Waals surface area contributed by atoms with Crippen LogP contribution in [0.3, 0.4) is 0 Å². The quantitative estimate of drug-likeness (QED) is 0.300. The van der Waals surface area contributed by atoms with Crippen molar-refractivity contribution in [2.75, 3.05) is 13.1 Å². The fourth-order valence-corrected chi connectivity index (χ4v) is 3.76. The van der Waals surface area contributed by atoms with Crippen molar-refractivity contribution in [1.82, 2.24) is 4.90 Å². The Labute approximate surface area is 197 Å². The van der Waals surface area contributed by atoms with Crippen molar-refractivity contribution < 1.29 is 45.3 Å². The summed E-state index contributed by atoms with van der Waals surface area (Å²) in [4.78, 5) is 21.8. The highest BCUT2D eigenvalue weighted by Gasteiger charge is 2.36. The van der Waals surface area contributed by atoms with E-state index in [2.05, 4.69) is 4.90 Å². The molecular weight excluding hydrogens is 446 g/mol. The van der Waals surface area contributed by atoms with Crippen LogP contribution in [0.25, 0.3) is 0 Å². The summed E-state index contributed by atoms with van der Waals surface area (Å²) in [5, 5.41) is 63.4. The standard InChI is InChI=1S/C20H25NO3.C4H6O6/c1-15(19(23)16-7-9-18(22)10-8-16)21-13-11-20(24,12-14-21)17-5-3-2-4-6-17;5-1(3(7)8)2(6)4(9)10/h2-10,15,19,22-24H,11-14H2,1H3;1-2,5-6H,(H,7,8)(H,9,10)/t15-,19+;/m1./s1. The molecule has 1 fully saturated rings. The van der Waals surface area contributed by atoms with Crippen molar-refractivity contribution in [3.05, 3.63) is 65.7 Å². The predicted octanol–water partition coefficient (Wildman–Crippen LogP) is 0.675. The van der Waals surface area contributed by atoms with Crippen molar-refractivity contribution in [2.24, 2.45) is 0 Å². The Morgan fingerprint density at radius 3 is 1.76 bits per heavy atom. The number of aliphatic hydroxyl groups excluding tert-OH is 3. The summed E-state index contributed by atoms with van der Waals surface area (Å²) in [7, 11) is 0. The third-order valence-corrected chi connectivity index (χ3v) is 6.01. The Kier molecular flexibility index (Phi) is 9.54. The molecule has 4 atom stereocenters. The topological polar surface area (TPSA) is 179 Å². The molecule has 186 valence electrons. The van der Waals surface area contributed by atoms with Gasteiger partial charge in [0.2, 0.25) is 0 Å². The second-order valence-corrected chi connectivity index (χ2v) is 8.28. The number of carboxylic acids is 2. The number of carboxylic acid groups (broad SMARTS) is 2. The van der Waals surface area contributed by atoms with E-state index in [-0.39, 0.29) is 11.8 Å². The fraction of sp³-hybridized carbons (Fsp3) is 0.417. The number of aliphatic hydroxyl groups is 4. The molecule has 1 saturated heterocycles. The molecule has 1 aliphatic rings. The second kappa shape index (κ2) is 11.9. The van der Waals surface area contributed by atoms with Gasteiger partial charge in [-0.2, -0.15) is 0 Å². The van der Waals surface area contributed by atoms with E-state index in [0.717, 1.165) is 24.2 Å². The first-order chi connectivity index (χ1) is 16.0. The first kappa shape index (κ1) is 27.2. The zero-order chi connectivity index (χ0) is 25.5. The number of aromatic hydroxyl groups is 1. The number of piperidine rings is 1. The van der Waals surface area contributed by atoms with Crippen LogP contribution < -0.4 is 0 Å². The van der Waals surface area contributed by atoms with Gasteiger partial charge in [-0.05, 0) is 43.0 Å². The number of nitrogens with zero attached hydrogens (tertiary/aromatic N) is 1. The van der Waals surface area contributed by atoms with Gasteiger partial charge in [-0.1, -0.05) is 42.5 Å². The molecule has 10 heteroatoms. The maximum Gasteiger partial charge on any atom is 0.335 e. The van der Waals surface area contributed by atoms with Gasteiger partial charge in [-0.3, -0.25) is 4.90 Å². The molecule has 0 spiro atoms. The van der Waals surface area contributed by atoms with Crippen LogP contribution >= 0.6 is 0 Å². The molecule has 0 saturated carbocycles. The Morgan fingerprint density at radius 1 is 0.853 bits per heavy atom. The molecule has 2 aromatic rings. The van der Waals surface area contributed by atoms with Crippen molar-refractivity contribution >= 4 is 11.9 Å². The Balaban J connectivity index is 0.000000347. The van der Waals surface area contributed by atoms with Gasteiger partial charge < -0.3 is 35.7 Å². The van der Waals surface area contributed by atoms with Crippen LogP contribution in [0.2, 0.25) is 0 Å². The smallest absolute Gasteiger partial charge is 0.335 e. The number of hydrogen-bond donors (Lipinski definition) is 7. The minimum absolute atomic E-state index is 0.0464. The zero-order valence-electron chi connectivity index (χ0n) is 18.7. The van der Waals surface area contributed by atoms with E-state index in [0.29, 0.717) is 12.8 Å². The third kappa shape index (κ3) is 6.99. The number of likely N-dealkylation sites (tertiary alicyclic amines) is 1. The van der Waals surface area contributed by atoms with E-state index in [1.165, 1.54) is 0 Å². The number of phenolic OH excluding ortho intramolecular Hbond substituents is 1. The van der Waals surface area contributed by atoms with Crippen LogP contribution in [0, 0.1) is 0 Å². The summed E-state index contributed by atoms with van der Waals surface area (Å²) >= 11 is 0. The molecular formula is C24H31NO9. The lowest BCUT2D eigenvalue weighted by molar-refractivity contribution is -0.165. The van der Waals surface area contributed by atoms with Gasteiger partial charge in [0, 0.05) is 19.1 Å². The molecule has 3 rings (SSSR count). The van der Waals surface area contributed by atoms with Crippen LogP contribution in [0.4, 0.5) is 0 Å². The SMILES string of the molecule is C[C@H]([C@H](O)c1ccc(O)cc1)N1CCC(O)(c2ccccc2)CC1.O=C(O)C(O)C(O)C(=O)O. The minimum Gasteiger partial charge on any atom is -0.508 e. The number of benzene rings is 2. The molecule has 7 N–H and O–H groups in total. The molecule has 2 unspecified atom stereocenters. The van der Waals surface area contributed by atoms with Gasteiger partial charge in [0.25, 0.3) is 0 Å². The van der Waals surface area contributed by atoms with Crippen LogP contribution in [0.5, 0.6) is 5.75 Å². The van der Waals surface area contributed by atoms with Crippen LogP contribution in [0.15, 0.2) is 54.6 Å². The van der Waals surface area contributed by atoms with Gasteiger partial charge >= 0.3 is 11.9 Å². The van der Waals surface area contributed by atoms with E-state index in [1.54, 1.807) is 24.3 Å². The fourth-order valence-electron chi connectivity index (χ4n) is 3.76.